The van der Waals surface area contributed by atoms with Gasteiger partial charge in [-0.1, -0.05) is 29.8 Å². The van der Waals surface area contributed by atoms with E-state index in [-0.39, 0.29) is 11.7 Å². The SMILES string of the molecule is O=c1[nH]cccc1N1CCOC(c2cccc3c2Oc2ccc(NC4CCN(Cc5cncc(Cl)c5)CC4)cc2C3)C1. The van der Waals surface area contributed by atoms with Gasteiger partial charge in [0, 0.05) is 80.6 Å². The number of pyridine rings is 2. The van der Waals surface area contributed by atoms with Gasteiger partial charge in [0.15, 0.2) is 0 Å². The lowest BCUT2D eigenvalue weighted by atomic mass is 9.95. The second kappa shape index (κ2) is 11.8. The van der Waals surface area contributed by atoms with E-state index in [2.05, 4.69) is 61.5 Å². The average Bonchev–Trinajstić information content (AvgIpc) is 3.01. The molecule has 0 aliphatic carbocycles. The number of hydrogen-bond acceptors (Lipinski definition) is 7. The maximum absolute atomic E-state index is 12.4. The number of H-pyrrole nitrogens is 1. The second-order valence-electron chi connectivity index (χ2n) is 11.3. The van der Waals surface area contributed by atoms with Gasteiger partial charge in [-0.3, -0.25) is 14.7 Å². The highest BCUT2D eigenvalue weighted by atomic mass is 35.5. The Hall–Kier alpha value is -3.85. The van der Waals surface area contributed by atoms with Crippen LogP contribution < -0.4 is 20.5 Å². The number of fused-ring (bicyclic) bond motifs is 2. The highest BCUT2D eigenvalue weighted by Crippen LogP contribution is 2.43. The lowest BCUT2D eigenvalue weighted by molar-refractivity contribution is 0.0383. The number of likely N-dealkylation sites (tertiary alicyclic amines) is 1. The fraction of sp³-hybridized carbons (Fsp3) is 0.333. The van der Waals surface area contributed by atoms with Crippen LogP contribution in [0, 0.1) is 0 Å². The second-order valence-corrected chi connectivity index (χ2v) is 11.8. The third-order valence-electron chi connectivity index (χ3n) is 8.46. The first kappa shape index (κ1) is 27.0. The Morgan fingerprint density at radius 1 is 1.02 bits per heavy atom. The number of nitrogens with zero attached hydrogens (tertiary/aromatic N) is 3. The largest absolute Gasteiger partial charge is 0.456 e. The zero-order valence-corrected chi connectivity index (χ0v) is 24.1. The van der Waals surface area contributed by atoms with Crippen molar-refractivity contribution >= 4 is 23.0 Å². The molecule has 1 unspecified atom stereocenters. The first-order valence-electron chi connectivity index (χ1n) is 14.6. The molecule has 1 atom stereocenters. The molecule has 5 heterocycles. The molecule has 0 spiro atoms. The number of anilines is 2. The smallest absolute Gasteiger partial charge is 0.271 e. The Labute approximate surface area is 250 Å². The Morgan fingerprint density at radius 3 is 2.79 bits per heavy atom. The zero-order chi connectivity index (χ0) is 28.5. The normalized spacial score (nSPS) is 19.1. The first-order chi connectivity index (χ1) is 20.6. The van der Waals surface area contributed by atoms with Gasteiger partial charge in [0.25, 0.3) is 5.56 Å². The Morgan fingerprint density at radius 2 is 1.93 bits per heavy atom. The van der Waals surface area contributed by atoms with Gasteiger partial charge in [0.05, 0.1) is 11.6 Å². The number of rotatable bonds is 6. The summed E-state index contributed by atoms with van der Waals surface area (Å²) < 4.78 is 12.7. The van der Waals surface area contributed by atoms with Gasteiger partial charge in [-0.15, -0.1) is 0 Å². The van der Waals surface area contributed by atoms with Crippen molar-refractivity contribution in [1.82, 2.24) is 14.9 Å². The highest BCUT2D eigenvalue weighted by Gasteiger charge is 2.29. The summed E-state index contributed by atoms with van der Waals surface area (Å²) in [5.74, 6) is 1.76. The minimum Gasteiger partial charge on any atom is -0.456 e. The molecule has 0 bridgehead atoms. The molecule has 3 aliphatic heterocycles. The molecule has 9 heteroatoms. The van der Waals surface area contributed by atoms with E-state index in [9.17, 15) is 4.79 Å². The summed E-state index contributed by atoms with van der Waals surface area (Å²) in [5.41, 5.74) is 6.24. The van der Waals surface area contributed by atoms with Crippen molar-refractivity contribution in [2.45, 2.75) is 38.0 Å². The highest BCUT2D eigenvalue weighted by molar-refractivity contribution is 6.30. The topological polar surface area (TPSA) is 82.7 Å². The molecule has 2 saturated heterocycles. The molecule has 216 valence electrons. The monoisotopic (exact) mass is 583 g/mol. The van der Waals surface area contributed by atoms with Crippen LogP contribution in [-0.2, 0) is 17.7 Å². The van der Waals surface area contributed by atoms with Gasteiger partial charge in [0.1, 0.15) is 23.3 Å². The molecule has 0 radical (unpaired) electrons. The fourth-order valence-electron chi connectivity index (χ4n) is 6.33. The van der Waals surface area contributed by atoms with Gasteiger partial charge in [-0.2, -0.15) is 0 Å². The van der Waals surface area contributed by atoms with Crippen molar-refractivity contribution in [1.29, 1.82) is 0 Å². The minimum atomic E-state index is -0.184. The maximum atomic E-state index is 12.4. The fourth-order valence-corrected chi connectivity index (χ4v) is 6.53. The summed E-state index contributed by atoms with van der Waals surface area (Å²) in [6, 6.07) is 18.9. The predicted octanol–water partition coefficient (Wildman–Crippen LogP) is 5.77. The Kier molecular flexibility index (Phi) is 7.59. The Balaban J connectivity index is 1.00. The van der Waals surface area contributed by atoms with Crippen molar-refractivity contribution in [3.05, 3.63) is 111 Å². The lowest BCUT2D eigenvalue weighted by Gasteiger charge is -2.35. The number of hydrogen-bond donors (Lipinski definition) is 2. The molecule has 2 aromatic carbocycles. The van der Waals surface area contributed by atoms with E-state index < -0.39 is 0 Å². The van der Waals surface area contributed by atoms with E-state index in [1.165, 1.54) is 5.56 Å². The number of aromatic amines is 1. The summed E-state index contributed by atoms with van der Waals surface area (Å²) in [7, 11) is 0. The Bertz CT molecular complexity index is 1630. The summed E-state index contributed by atoms with van der Waals surface area (Å²) >= 11 is 6.11. The molecule has 2 aromatic heterocycles. The van der Waals surface area contributed by atoms with E-state index >= 15 is 0 Å². The number of benzene rings is 2. The molecular formula is C33H34ClN5O3. The summed E-state index contributed by atoms with van der Waals surface area (Å²) in [4.78, 5) is 24.0. The van der Waals surface area contributed by atoms with Crippen LogP contribution in [0.15, 0.2) is 78.0 Å². The van der Waals surface area contributed by atoms with Crippen LogP contribution >= 0.6 is 11.6 Å². The van der Waals surface area contributed by atoms with E-state index in [0.717, 1.165) is 72.8 Å². The zero-order valence-electron chi connectivity index (χ0n) is 23.4. The third-order valence-corrected chi connectivity index (χ3v) is 8.66. The summed E-state index contributed by atoms with van der Waals surface area (Å²) in [6.07, 6.45) is 8.02. The molecule has 7 rings (SSSR count). The summed E-state index contributed by atoms with van der Waals surface area (Å²) in [5, 5.41) is 4.46. The summed E-state index contributed by atoms with van der Waals surface area (Å²) in [6.45, 7) is 4.77. The van der Waals surface area contributed by atoms with Crippen LogP contribution in [-0.4, -0.2) is 53.7 Å². The molecule has 42 heavy (non-hydrogen) atoms. The van der Waals surface area contributed by atoms with Crippen molar-refractivity contribution < 1.29 is 9.47 Å². The van der Waals surface area contributed by atoms with Crippen molar-refractivity contribution in [3.8, 4) is 11.5 Å². The number of piperidine rings is 1. The number of halogens is 1. The van der Waals surface area contributed by atoms with Gasteiger partial charge < -0.3 is 24.7 Å². The van der Waals surface area contributed by atoms with Crippen molar-refractivity contribution in [3.63, 3.8) is 0 Å². The lowest BCUT2D eigenvalue weighted by Crippen LogP contribution is -2.41. The van der Waals surface area contributed by atoms with Crippen LogP contribution in [0.5, 0.6) is 11.5 Å². The van der Waals surface area contributed by atoms with Gasteiger partial charge in [0.2, 0.25) is 0 Å². The van der Waals surface area contributed by atoms with Gasteiger partial charge in [-0.25, -0.2) is 0 Å². The van der Waals surface area contributed by atoms with Crippen LogP contribution in [0.3, 0.4) is 0 Å². The number of morpholine rings is 1. The van der Waals surface area contributed by atoms with Gasteiger partial charge in [-0.05, 0) is 60.4 Å². The number of ether oxygens (including phenoxy) is 2. The van der Waals surface area contributed by atoms with Gasteiger partial charge >= 0.3 is 0 Å². The quantitative estimate of drug-likeness (QED) is 0.262. The molecule has 3 aliphatic rings. The molecule has 4 aromatic rings. The molecule has 2 fully saturated rings. The molecule has 2 N–H and O–H groups in total. The van der Waals surface area contributed by atoms with E-state index in [1.807, 2.05) is 24.4 Å². The predicted molar refractivity (Wildman–Crippen MR) is 165 cm³/mol. The molecule has 8 nitrogen and oxygen atoms in total. The minimum absolute atomic E-state index is 0.0801. The number of nitrogens with one attached hydrogen (secondary N) is 2. The number of para-hydroxylation sites is 1. The van der Waals surface area contributed by atoms with E-state index in [0.29, 0.717) is 36.4 Å². The number of aromatic nitrogens is 2. The molecular weight excluding hydrogens is 550 g/mol. The standard InChI is InChI=1S/C33H34ClN5O3/c34-25-15-22(18-35-19-25)20-38-11-8-26(9-12-38)37-27-6-7-30-24(17-27)16-23-3-1-4-28(32(23)42-30)31-21-39(13-14-41-31)29-5-2-10-36-33(29)40/h1-7,10,15,17-19,26,31,37H,8-9,11-14,16,20-21H2,(H,36,40). The van der Waals surface area contributed by atoms with Crippen LogP contribution in [0.1, 0.15) is 41.2 Å². The average molecular weight is 584 g/mol. The molecule has 0 amide bonds. The van der Waals surface area contributed by atoms with E-state index in [4.69, 9.17) is 21.1 Å². The molecule has 0 saturated carbocycles. The van der Waals surface area contributed by atoms with Crippen LogP contribution in [0.4, 0.5) is 11.4 Å². The van der Waals surface area contributed by atoms with Crippen LogP contribution in [0.25, 0.3) is 0 Å². The van der Waals surface area contributed by atoms with E-state index in [1.54, 1.807) is 12.4 Å². The van der Waals surface area contributed by atoms with Crippen molar-refractivity contribution in [2.75, 3.05) is 43.0 Å². The maximum Gasteiger partial charge on any atom is 0.271 e. The van der Waals surface area contributed by atoms with Crippen molar-refractivity contribution in [2.24, 2.45) is 0 Å². The van der Waals surface area contributed by atoms with Crippen LogP contribution in [0.2, 0.25) is 5.02 Å². The first-order valence-corrected chi connectivity index (χ1v) is 15.0. The third kappa shape index (κ3) is 5.75.